The highest BCUT2D eigenvalue weighted by molar-refractivity contribution is 6.12. The molecule has 9 aromatic carbocycles. The zero-order valence-electron chi connectivity index (χ0n) is 35.5. The van der Waals surface area contributed by atoms with Gasteiger partial charge in [-0.1, -0.05) is 170 Å². The zero-order chi connectivity index (χ0) is 43.6. The number of hydrogen-bond acceptors (Lipinski definition) is 6. The highest BCUT2D eigenvalue weighted by Gasteiger charge is 2.19. The van der Waals surface area contributed by atoms with Crippen molar-refractivity contribution < 1.29 is 0 Å². The summed E-state index contributed by atoms with van der Waals surface area (Å²) >= 11 is 0. The monoisotopic (exact) mass is 840 g/mol. The molecule has 4 aromatic heterocycles. The first-order chi connectivity index (χ1) is 32.7. The molecule has 4 heterocycles. The van der Waals surface area contributed by atoms with Crippen molar-refractivity contribution in [2.24, 2.45) is 0 Å². The third-order valence-electron chi connectivity index (χ3n) is 12.6. The topological polar surface area (TPSA) is 77.3 Å². The Labute approximate surface area is 379 Å². The van der Waals surface area contributed by atoms with E-state index in [0.29, 0.717) is 17.5 Å². The summed E-state index contributed by atoms with van der Waals surface area (Å²) in [5.41, 5.74) is 15.0. The Balaban J connectivity index is 0.998. The van der Waals surface area contributed by atoms with E-state index in [1.165, 1.54) is 0 Å². The Morgan fingerprint density at radius 3 is 0.773 bits per heavy atom. The van der Waals surface area contributed by atoms with Crippen LogP contribution in [-0.2, 0) is 0 Å². The van der Waals surface area contributed by atoms with Crippen LogP contribution in [0.1, 0.15) is 0 Å². The maximum absolute atomic E-state index is 5.30. The molecule has 0 aliphatic rings. The first kappa shape index (κ1) is 37.5. The second kappa shape index (κ2) is 15.4. The van der Waals surface area contributed by atoms with E-state index < -0.39 is 0 Å². The third kappa shape index (κ3) is 6.34. The van der Waals surface area contributed by atoms with Crippen LogP contribution in [0.3, 0.4) is 0 Å². The molecule has 0 saturated heterocycles. The van der Waals surface area contributed by atoms with E-state index in [9.17, 15) is 0 Å². The van der Waals surface area contributed by atoms with Crippen LogP contribution in [0.2, 0.25) is 0 Å². The van der Waals surface area contributed by atoms with Gasteiger partial charge in [-0.05, 0) is 65.2 Å². The van der Waals surface area contributed by atoms with Crippen LogP contribution in [0, 0.1) is 0 Å². The fourth-order valence-electron chi connectivity index (χ4n) is 9.63. The van der Waals surface area contributed by atoms with E-state index in [4.69, 9.17) is 29.9 Å². The molecule has 13 aromatic rings. The van der Waals surface area contributed by atoms with Crippen LogP contribution in [0.5, 0.6) is 0 Å². The van der Waals surface area contributed by atoms with Gasteiger partial charge in [0.2, 0.25) is 0 Å². The minimum absolute atomic E-state index is 0.583. The molecule has 0 atom stereocenters. The molecule has 0 N–H and O–H groups in total. The number of nitrogens with zero attached hydrogens (tertiary/aromatic N) is 6. The number of fused-ring (bicyclic) bond motifs is 6. The van der Waals surface area contributed by atoms with Gasteiger partial charge in [0.15, 0.2) is 17.5 Å². The summed E-state index contributed by atoms with van der Waals surface area (Å²) in [5, 5.41) is 6.58. The Kier molecular flexibility index (Phi) is 8.74. The van der Waals surface area contributed by atoms with E-state index in [0.717, 1.165) is 115 Å². The summed E-state index contributed by atoms with van der Waals surface area (Å²) in [6.45, 7) is 0. The minimum Gasteiger partial charge on any atom is -0.248 e. The number of rotatable bonds is 6. The largest absolute Gasteiger partial charge is 0.248 e. The molecule has 0 radical (unpaired) electrons. The predicted molar refractivity (Wildman–Crippen MR) is 271 cm³/mol. The highest BCUT2D eigenvalue weighted by Crippen LogP contribution is 2.40. The van der Waals surface area contributed by atoms with Gasteiger partial charge in [-0.25, -0.2) is 29.9 Å². The lowest BCUT2D eigenvalue weighted by molar-refractivity contribution is 1.07. The van der Waals surface area contributed by atoms with Gasteiger partial charge in [0.05, 0.1) is 33.1 Å². The van der Waals surface area contributed by atoms with Crippen molar-refractivity contribution in [1.29, 1.82) is 0 Å². The summed E-state index contributed by atoms with van der Waals surface area (Å²) in [6.07, 6.45) is 0. The fourth-order valence-corrected chi connectivity index (χ4v) is 9.63. The molecular weight excluding hydrogens is 805 g/mol. The molecule has 0 bridgehead atoms. The zero-order valence-corrected chi connectivity index (χ0v) is 35.5. The molecule has 6 heteroatoms. The summed E-state index contributed by atoms with van der Waals surface area (Å²) in [5.74, 6) is 1.75. The molecule has 0 amide bonds. The Morgan fingerprint density at radius 2 is 0.439 bits per heavy atom. The standard InChI is InChI=1S/C60H36N6/c1-7-25-49-43(19-1)55(44-20-2-8-26-50(44)61-49)37-31-33-38(34-32-37)58-64-59(41-17-13-15-39(35-41)56-45-21-3-9-27-51(45)62-52-28-10-4-22-46(52)56)66-60(65-58)42-18-14-16-40(36-42)57-47-23-5-11-29-53(47)63-54-30-12-6-24-48(54)57/h1-36H. The van der Waals surface area contributed by atoms with Crippen molar-refractivity contribution in [3.8, 4) is 67.5 Å². The van der Waals surface area contributed by atoms with Crippen molar-refractivity contribution in [3.05, 3.63) is 218 Å². The number of aromatic nitrogens is 6. The highest BCUT2D eigenvalue weighted by atomic mass is 15.0. The second-order valence-electron chi connectivity index (χ2n) is 16.6. The van der Waals surface area contributed by atoms with E-state index >= 15 is 0 Å². The molecule has 306 valence electrons. The van der Waals surface area contributed by atoms with Crippen LogP contribution in [0.4, 0.5) is 0 Å². The number of hydrogen-bond donors (Lipinski definition) is 0. The van der Waals surface area contributed by atoms with Crippen molar-refractivity contribution in [2.75, 3.05) is 0 Å². The lowest BCUT2D eigenvalue weighted by Crippen LogP contribution is -2.01. The van der Waals surface area contributed by atoms with Crippen LogP contribution in [-0.4, -0.2) is 29.9 Å². The lowest BCUT2D eigenvalue weighted by atomic mass is 9.94. The number of benzene rings is 9. The number of pyridine rings is 3. The van der Waals surface area contributed by atoms with E-state index in [-0.39, 0.29) is 0 Å². The molecule has 0 fully saturated rings. The predicted octanol–water partition coefficient (Wildman–Crippen LogP) is 15.0. The first-order valence-corrected chi connectivity index (χ1v) is 22.1. The summed E-state index contributed by atoms with van der Waals surface area (Å²) in [7, 11) is 0. The van der Waals surface area contributed by atoms with Crippen molar-refractivity contribution in [1.82, 2.24) is 29.9 Å². The van der Waals surface area contributed by atoms with Crippen LogP contribution < -0.4 is 0 Å². The van der Waals surface area contributed by atoms with Crippen molar-refractivity contribution in [3.63, 3.8) is 0 Å². The fraction of sp³-hybridized carbons (Fsp3) is 0. The van der Waals surface area contributed by atoms with Gasteiger partial charge in [0, 0.05) is 65.7 Å². The van der Waals surface area contributed by atoms with Gasteiger partial charge in [-0.15, -0.1) is 0 Å². The van der Waals surface area contributed by atoms with Gasteiger partial charge in [-0.3, -0.25) is 0 Å². The van der Waals surface area contributed by atoms with Crippen LogP contribution in [0.15, 0.2) is 218 Å². The Bertz CT molecular complexity index is 3730. The summed E-state index contributed by atoms with van der Waals surface area (Å²) in [4.78, 5) is 30.8. The Morgan fingerprint density at radius 1 is 0.182 bits per heavy atom. The summed E-state index contributed by atoms with van der Waals surface area (Å²) in [6, 6.07) is 75.8. The quantitative estimate of drug-likeness (QED) is 0.155. The molecule has 0 aliphatic carbocycles. The first-order valence-electron chi connectivity index (χ1n) is 22.1. The minimum atomic E-state index is 0.583. The van der Waals surface area contributed by atoms with Crippen molar-refractivity contribution in [2.45, 2.75) is 0 Å². The maximum atomic E-state index is 5.30. The van der Waals surface area contributed by atoms with Gasteiger partial charge in [-0.2, -0.15) is 0 Å². The molecule has 0 saturated carbocycles. The molecule has 6 nitrogen and oxygen atoms in total. The smallest absolute Gasteiger partial charge is 0.164 e. The van der Waals surface area contributed by atoms with E-state index in [1.807, 2.05) is 36.4 Å². The number of para-hydroxylation sites is 6. The van der Waals surface area contributed by atoms with Gasteiger partial charge in [0.1, 0.15) is 0 Å². The van der Waals surface area contributed by atoms with E-state index in [1.54, 1.807) is 0 Å². The van der Waals surface area contributed by atoms with Crippen LogP contribution in [0.25, 0.3) is 133 Å². The average Bonchev–Trinajstić information content (AvgIpc) is 3.38. The second-order valence-corrected chi connectivity index (χ2v) is 16.6. The Hall–Kier alpha value is -9.00. The molecule has 13 rings (SSSR count). The molecule has 0 aliphatic heterocycles. The molecule has 0 unspecified atom stereocenters. The van der Waals surface area contributed by atoms with Crippen molar-refractivity contribution >= 4 is 65.4 Å². The van der Waals surface area contributed by atoms with Gasteiger partial charge < -0.3 is 0 Å². The molecule has 66 heavy (non-hydrogen) atoms. The van der Waals surface area contributed by atoms with Crippen LogP contribution >= 0.6 is 0 Å². The lowest BCUT2D eigenvalue weighted by Gasteiger charge is -2.14. The SMILES string of the molecule is c1cc(-c2nc(-c3ccc(-c4c5ccccc5nc5ccccc45)cc3)nc(-c3cccc(-c4c5ccccc5nc5ccccc45)c3)n2)cc(-c2c3ccccc3nc3ccccc23)c1. The molecular formula is C60H36N6. The normalized spacial score (nSPS) is 11.6. The van der Waals surface area contributed by atoms with Gasteiger partial charge >= 0.3 is 0 Å². The maximum Gasteiger partial charge on any atom is 0.164 e. The van der Waals surface area contributed by atoms with Gasteiger partial charge in [0.25, 0.3) is 0 Å². The average molecular weight is 841 g/mol. The van der Waals surface area contributed by atoms with E-state index in [2.05, 4.69) is 182 Å². The third-order valence-corrected chi connectivity index (χ3v) is 12.6. The molecule has 0 spiro atoms. The summed E-state index contributed by atoms with van der Waals surface area (Å²) < 4.78 is 0.